The van der Waals surface area contributed by atoms with E-state index >= 15 is 0 Å². The first-order valence-corrected chi connectivity index (χ1v) is 9.65. The number of rotatable bonds is 6. The van der Waals surface area contributed by atoms with Crippen LogP contribution in [0.15, 0.2) is 23.1 Å². The summed E-state index contributed by atoms with van der Waals surface area (Å²) in [5, 5.41) is 2.85. The standard InChI is InChI=1S/C16H23F2N3O3S/c1-3-12(2)19-16(22)11-20-6-8-21(9-7-20)25(23,24)15-10-13(17)4-5-14(15)18/h4-5,10,12H,3,6-9,11H2,1-2H3,(H,19,22). The largest absolute Gasteiger partial charge is 0.353 e. The third-order valence-electron chi connectivity index (χ3n) is 4.23. The Bertz CT molecular complexity index is 719. The molecule has 1 aromatic carbocycles. The Kier molecular flexibility index (Phi) is 6.47. The second kappa shape index (κ2) is 8.20. The van der Waals surface area contributed by atoms with Crippen molar-refractivity contribution < 1.29 is 22.0 Å². The molecule has 1 aliphatic heterocycles. The maximum Gasteiger partial charge on any atom is 0.246 e. The van der Waals surface area contributed by atoms with Gasteiger partial charge in [0.1, 0.15) is 16.5 Å². The van der Waals surface area contributed by atoms with E-state index in [1.807, 2.05) is 18.7 Å². The highest BCUT2D eigenvalue weighted by molar-refractivity contribution is 7.89. The fourth-order valence-corrected chi connectivity index (χ4v) is 4.07. The number of hydrogen-bond donors (Lipinski definition) is 1. The molecule has 1 N–H and O–H groups in total. The van der Waals surface area contributed by atoms with Gasteiger partial charge in [-0.3, -0.25) is 9.69 Å². The van der Waals surface area contributed by atoms with Crippen LogP contribution in [0.5, 0.6) is 0 Å². The maximum atomic E-state index is 13.8. The van der Waals surface area contributed by atoms with Crippen LogP contribution in [0.2, 0.25) is 0 Å². The minimum atomic E-state index is -4.10. The van der Waals surface area contributed by atoms with Gasteiger partial charge in [-0.1, -0.05) is 6.92 Å². The highest BCUT2D eigenvalue weighted by Gasteiger charge is 2.31. The fraction of sp³-hybridized carbons (Fsp3) is 0.562. The van der Waals surface area contributed by atoms with E-state index in [1.54, 1.807) is 0 Å². The number of sulfonamides is 1. The summed E-state index contributed by atoms with van der Waals surface area (Å²) in [4.78, 5) is 13.1. The topological polar surface area (TPSA) is 69.7 Å². The molecular formula is C16H23F2N3O3S. The molecule has 0 aromatic heterocycles. The van der Waals surface area contributed by atoms with Gasteiger partial charge in [-0.2, -0.15) is 4.31 Å². The molecule has 0 radical (unpaired) electrons. The van der Waals surface area contributed by atoms with E-state index in [1.165, 1.54) is 0 Å². The van der Waals surface area contributed by atoms with Gasteiger partial charge < -0.3 is 5.32 Å². The van der Waals surface area contributed by atoms with Crippen molar-refractivity contribution in [2.45, 2.75) is 31.2 Å². The van der Waals surface area contributed by atoms with Gasteiger partial charge in [0.05, 0.1) is 6.54 Å². The summed E-state index contributed by atoms with van der Waals surface area (Å²) in [6.45, 7) is 5.01. The lowest BCUT2D eigenvalue weighted by atomic mass is 10.2. The van der Waals surface area contributed by atoms with Crippen LogP contribution in [-0.4, -0.2) is 62.3 Å². The summed E-state index contributed by atoms with van der Waals surface area (Å²) in [7, 11) is -4.10. The number of carbonyl (C=O) groups excluding carboxylic acids is 1. The molecule has 6 nitrogen and oxygen atoms in total. The molecule has 1 aliphatic rings. The minimum absolute atomic E-state index is 0.0881. The van der Waals surface area contributed by atoms with Crippen LogP contribution in [0.1, 0.15) is 20.3 Å². The Balaban J connectivity index is 1.97. The predicted molar refractivity (Wildman–Crippen MR) is 89.5 cm³/mol. The van der Waals surface area contributed by atoms with Crippen LogP contribution in [0.3, 0.4) is 0 Å². The number of benzene rings is 1. The Morgan fingerprint density at radius 1 is 1.24 bits per heavy atom. The molecule has 1 heterocycles. The van der Waals surface area contributed by atoms with Gasteiger partial charge in [0, 0.05) is 32.2 Å². The number of halogens is 2. The lowest BCUT2D eigenvalue weighted by molar-refractivity contribution is -0.123. The summed E-state index contributed by atoms with van der Waals surface area (Å²) in [6, 6.07) is 2.46. The zero-order valence-electron chi connectivity index (χ0n) is 14.3. The smallest absolute Gasteiger partial charge is 0.246 e. The average molecular weight is 375 g/mol. The van der Waals surface area contributed by atoms with Crippen molar-refractivity contribution in [3.8, 4) is 0 Å². The number of hydrogen-bond acceptors (Lipinski definition) is 4. The lowest BCUT2D eigenvalue weighted by Gasteiger charge is -2.33. The first-order chi connectivity index (χ1) is 11.7. The van der Waals surface area contributed by atoms with Gasteiger partial charge in [0.15, 0.2) is 0 Å². The van der Waals surface area contributed by atoms with E-state index in [-0.39, 0.29) is 31.6 Å². The zero-order chi connectivity index (χ0) is 18.6. The number of nitrogens with one attached hydrogen (secondary N) is 1. The van der Waals surface area contributed by atoms with E-state index in [0.29, 0.717) is 19.2 Å². The van der Waals surface area contributed by atoms with Crippen molar-refractivity contribution in [1.82, 2.24) is 14.5 Å². The Hall–Kier alpha value is -1.58. The second-order valence-corrected chi connectivity index (χ2v) is 8.04. The third-order valence-corrected chi connectivity index (χ3v) is 6.14. The number of amides is 1. The predicted octanol–water partition coefficient (Wildman–Crippen LogP) is 1.19. The Labute approximate surface area is 146 Å². The highest BCUT2D eigenvalue weighted by atomic mass is 32.2. The molecule has 1 amide bonds. The van der Waals surface area contributed by atoms with Gasteiger partial charge in [0.25, 0.3) is 0 Å². The van der Waals surface area contributed by atoms with Gasteiger partial charge in [-0.15, -0.1) is 0 Å². The molecule has 1 unspecified atom stereocenters. The SMILES string of the molecule is CCC(C)NC(=O)CN1CCN(S(=O)(=O)c2cc(F)ccc2F)CC1. The van der Waals surface area contributed by atoms with Crippen LogP contribution in [0, 0.1) is 11.6 Å². The molecule has 140 valence electrons. The Morgan fingerprint density at radius 2 is 1.88 bits per heavy atom. The summed E-state index contributed by atoms with van der Waals surface area (Å²) in [6.07, 6.45) is 0.830. The van der Waals surface area contributed by atoms with E-state index in [0.717, 1.165) is 22.9 Å². The molecule has 2 rings (SSSR count). The van der Waals surface area contributed by atoms with Crippen molar-refractivity contribution in [2.24, 2.45) is 0 Å². The molecule has 25 heavy (non-hydrogen) atoms. The third kappa shape index (κ3) is 4.96. The van der Waals surface area contributed by atoms with E-state index < -0.39 is 26.6 Å². The van der Waals surface area contributed by atoms with Gasteiger partial charge in [-0.05, 0) is 31.5 Å². The van der Waals surface area contributed by atoms with Crippen molar-refractivity contribution in [2.75, 3.05) is 32.7 Å². The van der Waals surface area contributed by atoms with Gasteiger partial charge in [-0.25, -0.2) is 17.2 Å². The van der Waals surface area contributed by atoms with Crippen LogP contribution in [0.4, 0.5) is 8.78 Å². The molecule has 1 fully saturated rings. The number of nitrogens with zero attached hydrogens (tertiary/aromatic N) is 2. The van der Waals surface area contributed by atoms with Crippen LogP contribution < -0.4 is 5.32 Å². The summed E-state index contributed by atoms with van der Waals surface area (Å²) in [5.74, 6) is -1.89. The first kappa shape index (κ1) is 19.7. The lowest BCUT2D eigenvalue weighted by Crippen LogP contribution is -2.51. The van der Waals surface area contributed by atoms with Crippen molar-refractivity contribution in [3.05, 3.63) is 29.8 Å². The molecule has 0 saturated carbocycles. The van der Waals surface area contributed by atoms with Gasteiger partial charge in [0.2, 0.25) is 15.9 Å². The molecule has 0 spiro atoms. The first-order valence-electron chi connectivity index (χ1n) is 8.21. The minimum Gasteiger partial charge on any atom is -0.353 e. The molecule has 1 saturated heterocycles. The molecular weight excluding hydrogens is 352 g/mol. The van der Waals surface area contributed by atoms with E-state index in [9.17, 15) is 22.0 Å². The molecule has 0 aliphatic carbocycles. The monoisotopic (exact) mass is 375 g/mol. The highest BCUT2D eigenvalue weighted by Crippen LogP contribution is 2.21. The fourth-order valence-electron chi connectivity index (χ4n) is 2.57. The summed E-state index contributed by atoms with van der Waals surface area (Å²) >= 11 is 0. The molecule has 1 aromatic rings. The number of piperazine rings is 1. The van der Waals surface area contributed by atoms with E-state index in [4.69, 9.17) is 0 Å². The normalized spacial score (nSPS) is 18.1. The van der Waals surface area contributed by atoms with E-state index in [2.05, 4.69) is 5.32 Å². The quantitative estimate of drug-likeness (QED) is 0.811. The van der Waals surface area contributed by atoms with Crippen LogP contribution in [0.25, 0.3) is 0 Å². The summed E-state index contributed by atoms with van der Waals surface area (Å²) in [5.41, 5.74) is 0. The zero-order valence-corrected chi connectivity index (χ0v) is 15.2. The number of carbonyl (C=O) groups is 1. The van der Waals surface area contributed by atoms with Crippen molar-refractivity contribution in [3.63, 3.8) is 0 Å². The molecule has 1 atom stereocenters. The summed E-state index contributed by atoms with van der Waals surface area (Å²) < 4.78 is 53.2. The Morgan fingerprint density at radius 3 is 2.48 bits per heavy atom. The van der Waals surface area contributed by atoms with Crippen molar-refractivity contribution in [1.29, 1.82) is 0 Å². The second-order valence-electron chi connectivity index (χ2n) is 6.13. The van der Waals surface area contributed by atoms with Crippen LogP contribution >= 0.6 is 0 Å². The average Bonchev–Trinajstić information content (AvgIpc) is 2.57. The van der Waals surface area contributed by atoms with Crippen molar-refractivity contribution >= 4 is 15.9 Å². The van der Waals surface area contributed by atoms with Gasteiger partial charge >= 0.3 is 0 Å². The van der Waals surface area contributed by atoms with Crippen LogP contribution in [-0.2, 0) is 14.8 Å². The molecule has 0 bridgehead atoms. The maximum absolute atomic E-state index is 13.8. The molecule has 9 heteroatoms.